The summed E-state index contributed by atoms with van der Waals surface area (Å²) in [6.07, 6.45) is 3.27. The predicted octanol–water partition coefficient (Wildman–Crippen LogP) is 4.76. The zero-order chi connectivity index (χ0) is 24.2. The molecular formula is C26H23ClN2O5. The summed E-state index contributed by atoms with van der Waals surface area (Å²) in [5, 5.41) is 11.6. The van der Waals surface area contributed by atoms with Gasteiger partial charge in [0.25, 0.3) is 11.7 Å². The van der Waals surface area contributed by atoms with Crippen LogP contribution in [-0.4, -0.2) is 40.4 Å². The Morgan fingerprint density at radius 2 is 1.88 bits per heavy atom. The molecule has 1 aliphatic heterocycles. The monoisotopic (exact) mass is 478 g/mol. The SMILES string of the molecule is CCOc1ccc([C@H]2/C(=C(\O)c3ccc(Cl)cc3)C(=O)C(=O)N2Cc2cccnc2)cc1OC. The van der Waals surface area contributed by atoms with Gasteiger partial charge >= 0.3 is 0 Å². The van der Waals surface area contributed by atoms with Crippen LogP contribution in [0.2, 0.25) is 5.02 Å². The van der Waals surface area contributed by atoms with Crippen molar-refractivity contribution >= 4 is 29.1 Å². The van der Waals surface area contributed by atoms with Crippen molar-refractivity contribution in [2.24, 2.45) is 0 Å². The van der Waals surface area contributed by atoms with Gasteiger partial charge in [-0.05, 0) is 60.5 Å². The third kappa shape index (κ3) is 4.47. The maximum atomic E-state index is 13.2. The molecule has 4 rings (SSSR count). The van der Waals surface area contributed by atoms with E-state index in [4.69, 9.17) is 21.1 Å². The Hall–Kier alpha value is -3.84. The number of pyridine rings is 1. The number of aromatic nitrogens is 1. The van der Waals surface area contributed by atoms with Crippen LogP contribution in [0.15, 0.2) is 72.6 Å². The van der Waals surface area contributed by atoms with E-state index in [0.717, 1.165) is 5.56 Å². The van der Waals surface area contributed by atoms with Gasteiger partial charge in [-0.1, -0.05) is 23.7 Å². The zero-order valence-electron chi connectivity index (χ0n) is 18.7. The number of aliphatic hydroxyl groups excluding tert-OH is 1. The van der Waals surface area contributed by atoms with Crippen LogP contribution in [0, 0.1) is 0 Å². The van der Waals surface area contributed by atoms with E-state index in [-0.39, 0.29) is 17.9 Å². The Bertz CT molecular complexity index is 1240. The number of ether oxygens (including phenoxy) is 2. The highest BCUT2D eigenvalue weighted by molar-refractivity contribution is 6.46. The Kier molecular flexibility index (Phi) is 6.84. The lowest BCUT2D eigenvalue weighted by Gasteiger charge is -2.26. The van der Waals surface area contributed by atoms with Gasteiger partial charge in [-0.15, -0.1) is 0 Å². The molecule has 1 atom stereocenters. The summed E-state index contributed by atoms with van der Waals surface area (Å²) in [6, 6.07) is 14.3. The van der Waals surface area contributed by atoms with Crippen molar-refractivity contribution in [1.29, 1.82) is 0 Å². The number of nitrogens with zero attached hydrogens (tertiary/aromatic N) is 2. The average molecular weight is 479 g/mol. The Labute approximate surface area is 202 Å². The van der Waals surface area contributed by atoms with Gasteiger partial charge in [-0.25, -0.2) is 0 Å². The lowest BCUT2D eigenvalue weighted by Crippen LogP contribution is -2.29. The second-order valence-electron chi connectivity index (χ2n) is 7.64. The summed E-state index contributed by atoms with van der Waals surface area (Å²) >= 11 is 5.98. The molecule has 1 aromatic heterocycles. The molecular weight excluding hydrogens is 456 g/mol. The number of carbonyl (C=O) groups is 2. The van der Waals surface area contributed by atoms with E-state index >= 15 is 0 Å². The molecule has 34 heavy (non-hydrogen) atoms. The topological polar surface area (TPSA) is 89.0 Å². The van der Waals surface area contributed by atoms with Gasteiger partial charge in [0, 0.05) is 29.5 Å². The average Bonchev–Trinajstić information content (AvgIpc) is 3.10. The van der Waals surface area contributed by atoms with Gasteiger partial charge in [-0.3, -0.25) is 14.6 Å². The molecule has 8 heteroatoms. The molecule has 1 amide bonds. The molecule has 1 saturated heterocycles. The third-order valence-electron chi connectivity index (χ3n) is 5.54. The zero-order valence-corrected chi connectivity index (χ0v) is 19.5. The Morgan fingerprint density at radius 3 is 2.53 bits per heavy atom. The molecule has 1 N–H and O–H groups in total. The molecule has 2 heterocycles. The number of Topliss-reactive ketones (excluding diaryl/α,β-unsaturated/α-hetero) is 1. The van der Waals surface area contributed by atoms with Crippen molar-refractivity contribution in [1.82, 2.24) is 9.88 Å². The van der Waals surface area contributed by atoms with Crippen molar-refractivity contribution in [3.63, 3.8) is 0 Å². The molecule has 2 aromatic carbocycles. The molecule has 0 radical (unpaired) electrons. The van der Waals surface area contributed by atoms with Crippen molar-refractivity contribution in [2.45, 2.75) is 19.5 Å². The van der Waals surface area contributed by atoms with Crippen LogP contribution < -0.4 is 9.47 Å². The molecule has 1 fully saturated rings. The highest BCUT2D eigenvalue weighted by Crippen LogP contribution is 2.42. The van der Waals surface area contributed by atoms with Gasteiger partial charge in [0.1, 0.15) is 5.76 Å². The molecule has 0 unspecified atom stereocenters. The van der Waals surface area contributed by atoms with Gasteiger partial charge in [0.2, 0.25) is 0 Å². The molecule has 3 aromatic rings. The number of ketones is 1. The highest BCUT2D eigenvalue weighted by Gasteiger charge is 2.46. The van der Waals surface area contributed by atoms with E-state index in [1.807, 2.05) is 13.0 Å². The number of hydrogen-bond donors (Lipinski definition) is 1. The van der Waals surface area contributed by atoms with E-state index < -0.39 is 17.7 Å². The van der Waals surface area contributed by atoms with E-state index in [9.17, 15) is 14.7 Å². The van der Waals surface area contributed by atoms with Gasteiger partial charge in [-0.2, -0.15) is 0 Å². The number of likely N-dealkylation sites (tertiary alicyclic amines) is 1. The number of benzene rings is 2. The van der Waals surface area contributed by atoms with E-state index in [2.05, 4.69) is 4.98 Å². The molecule has 174 valence electrons. The summed E-state index contributed by atoms with van der Waals surface area (Å²) in [4.78, 5) is 31.9. The maximum Gasteiger partial charge on any atom is 0.295 e. The number of amides is 1. The first-order valence-electron chi connectivity index (χ1n) is 10.7. The van der Waals surface area contributed by atoms with Crippen LogP contribution >= 0.6 is 11.6 Å². The molecule has 0 bridgehead atoms. The number of carbonyl (C=O) groups excluding carboxylic acids is 2. The maximum absolute atomic E-state index is 13.2. The summed E-state index contributed by atoms with van der Waals surface area (Å²) in [7, 11) is 1.52. The highest BCUT2D eigenvalue weighted by atomic mass is 35.5. The second kappa shape index (κ2) is 9.97. The Balaban J connectivity index is 1.88. The normalized spacial score (nSPS) is 17.1. The van der Waals surface area contributed by atoms with Crippen LogP contribution in [0.3, 0.4) is 0 Å². The van der Waals surface area contributed by atoms with Gasteiger partial charge in [0.05, 0.1) is 25.3 Å². The molecule has 0 aliphatic carbocycles. The molecule has 0 spiro atoms. The van der Waals surface area contributed by atoms with Crippen LogP contribution in [0.1, 0.15) is 29.7 Å². The first-order chi connectivity index (χ1) is 16.4. The van der Waals surface area contributed by atoms with E-state index in [0.29, 0.717) is 34.3 Å². The number of aliphatic hydroxyl groups is 1. The van der Waals surface area contributed by atoms with Gasteiger partial charge < -0.3 is 19.5 Å². The summed E-state index contributed by atoms with van der Waals surface area (Å²) in [6.45, 7) is 2.45. The van der Waals surface area contributed by atoms with Crippen LogP contribution in [0.5, 0.6) is 11.5 Å². The lowest BCUT2D eigenvalue weighted by atomic mass is 9.95. The number of hydrogen-bond acceptors (Lipinski definition) is 6. The predicted molar refractivity (Wildman–Crippen MR) is 128 cm³/mol. The molecule has 0 saturated carbocycles. The van der Waals surface area contributed by atoms with Crippen molar-refractivity contribution in [3.8, 4) is 11.5 Å². The smallest absolute Gasteiger partial charge is 0.295 e. The fraction of sp³-hybridized carbons (Fsp3) is 0.192. The third-order valence-corrected chi connectivity index (χ3v) is 5.79. The molecule has 1 aliphatic rings. The lowest BCUT2D eigenvalue weighted by molar-refractivity contribution is -0.140. The number of methoxy groups -OCH3 is 1. The van der Waals surface area contributed by atoms with Crippen LogP contribution in [0.4, 0.5) is 0 Å². The summed E-state index contributed by atoms with van der Waals surface area (Å²) in [5.41, 5.74) is 1.71. The summed E-state index contributed by atoms with van der Waals surface area (Å²) in [5.74, 6) is -0.763. The first-order valence-corrected chi connectivity index (χ1v) is 11.1. The van der Waals surface area contributed by atoms with E-state index in [1.165, 1.54) is 12.0 Å². The minimum atomic E-state index is -0.847. The fourth-order valence-corrected chi connectivity index (χ4v) is 4.10. The van der Waals surface area contributed by atoms with Gasteiger partial charge in [0.15, 0.2) is 11.5 Å². The quantitative estimate of drug-likeness (QED) is 0.299. The number of rotatable bonds is 7. The number of halogens is 1. The first kappa shape index (κ1) is 23.3. The largest absolute Gasteiger partial charge is 0.507 e. The van der Waals surface area contributed by atoms with Crippen molar-refractivity contribution in [3.05, 3.63) is 94.3 Å². The Morgan fingerprint density at radius 1 is 1.12 bits per heavy atom. The minimum Gasteiger partial charge on any atom is -0.507 e. The minimum absolute atomic E-state index is 0.0116. The second-order valence-corrected chi connectivity index (χ2v) is 8.07. The molecule has 7 nitrogen and oxygen atoms in total. The van der Waals surface area contributed by atoms with E-state index in [1.54, 1.807) is 60.9 Å². The van der Waals surface area contributed by atoms with Crippen LogP contribution in [-0.2, 0) is 16.1 Å². The summed E-state index contributed by atoms with van der Waals surface area (Å²) < 4.78 is 11.1. The van der Waals surface area contributed by atoms with Crippen molar-refractivity contribution in [2.75, 3.05) is 13.7 Å². The standard InChI is InChI=1S/C26H23ClN2O5/c1-3-34-20-11-8-18(13-21(20)33-2)23-22(24(30)17-6-9-19(27)10-7-17)25(31)26(32)29(23)15-16-5-4-12-28-14-16/h4-14,23,30H,3,15H2,1-2H3/b24-22+/t23-/m0/s1. The van der Waals surface area contributed by atoms with Crippen molar-refractivity contribution < 1.29 is 24.2 Å². The fourth-order valence-electron chi connectivity index (χ4n) is 3.97. The van der Waals surface area contributed by atoms with Crippen LogP contribution in [0.25, 0.3) is 5.76 Å².